The van der Waals surface area contributed by atoms with Crippen molar-refractivity contribution in [1.29, 1.82) is 0 Å². The van der Waals surface area contributed by atoms with E-state index in [9.17, 15) is 9.59 Å². The van der Waals surface area contributed by atoms with Gasteiger partial charge in [-0.25, -0.2) is 4.79 Å². The van der Waals surface area contributed by atoms with Crippen molar-refractivity contribution in [3.05, 3.63) is 0 Å². The first kappa shape index (κ1) is 12.4. The van der Waals surface area contributed by atoms with Crippen LogP contribution in [0.4, 0.5) is 4.79 Å². The Morgan fingerprint density at radius 3 is 2.94 bits per heavy atom. The van der Waals surface area contributed by atoms with E-state index in [0.717, 1.165) is 6.42 Å². The molecule has 2 amide bonds. The summed E-state index contributed by atoms with van der Waals surface area (Å²) in [5.41, 5.74) is 0. The molecule has 1 aliphatic heterocycles. The topological polar surface area (TPSA) is 69.6 Å². The molecule has 0 bridgehead atoms. The maximum Gasteiger partial charge on any atom is 0.318 e. The Balaban J connectivity index is 2.31. The molecule has 2 N–H and O–H groups in total. The molecular formula is C11H16N2O3. The molecule has 5 nitrogen and oxygen atoms in total. The van der Waals surface area contributed by atoms with Crippen LogP contribution in [0.2, 0.25) is 0 Å². The van der Waals surface area contributed by atoms with Crippen molar-refractivity contribution in [2.45, 2.75) is 19.8 Å². The molecule has 0 aliphatic carbocycles. The minimum absolute atomic E-state index is 0.0838. The van der Waals surface area contributed by atoms with E-state index in [1.54, 1.807) is 11.8 Å². The maximum absolute atomic E-state index is 11.6. The summed E-state index contributed by atoms with van der Waals surface area (Å²) in [5.74, 6) is 4.71. The normalized spacial score (nSPS) is 18.8. The fraction of sp³-hybridized carbons (Fsp3) is 0.636. The predicted molar refractivity (Wildman–Crippen MR) is 58.8 cm³/mol. The smallest absolute Gasteiger partial charge is 0.318 e. The second-order valence-corrected chi connectivity index (χ2v) is 3.78. The average molecular weight is 224 g/mol. The summed E-state index contributed by atoms with van der Waals surface area (Å²) in [7, 11) is 0. The van der Waals surface area contributed by atoms with E-state index in [2.05, 4.69) is 17.2 Å². The van der Waals surface area contributed by atoms with Gasteiger partial charge in [-0.15, -0.1) is 5.92 Å². The van der Waals surface area contributed by atoms with Crippen LogP contribution >= 0.6 is 0 Å². The highest BCUT2D eigenvalue weighted by Gasteiger charge is 2.27. The fourth-order valence-electron chi connectivity index (χ4n) is 1.75. The number of rotatable bonds is 3. The molecule has 0 aromatic carbocycles. The van der Waals surface area contributed by atoms with Crippen molar-refractivity contribution >= 4 is 12.0 Å². The molecule has 1 unspecified atom stereocenters. The molecule has 0 aromatic rings. The average Bonchev–Trinajstić information content (AvgIpc) is 2.65. The fourth-order valence-corrected chi connectivity index (χ4v) is 1.75. The number of amides is 2. The monoisotopic (exact) mass is 224 g/mol. The molecule has 1 rings (SSSR count). The molecule has 1 saturated heterocycles. The number of nitrogens with zero attached hydrogens (tertiary/aromatic N) is 1. The van der Waals surface area contributed by atoms with Crippen molar-refractivity contribution in [3.8, 4) is 11.8 Å². The zero-order valence-electron chi connectivity index (χ0n) is 9.32. The van der Waals surface area contributed by atoms with E-state index in [1.165, 1.54) is 0 Å². The number of hydrogen-bond donors (Lipinski definition) is 2. The lowest BCUT2D eigenvalue weighted by atomic mass is 10.1. The van der Waals surface area contributed by atoms with Gasteiger partial charge in [0.25, 0.3) is 0 Å². The van der Waals surface area contributed by atoms with Gasteiger partial charge in [0.05, 0.1) is 6.54 Å². The lowest BCUT2D eigenvalue weighted by molar-refractivity contribution is -0.138. The van der Waals surface area contributed by atoms with E-state index in [1.807, 2.05) is 0 Å². The summed E-state index contributed by atoms with van der Waals surface area (Å²) in [6.45, 7) is 3.21. The Hall–Kier alpha value is -1.70. The highest BCUT2D eigenvalue weighted by Crippen LogP contribution is 2.19. The molecule has 1 atom stereocenters. The van der Waals surface area contributed by atoms with Crippen molar-refractivity contribution in [3.63, 3.8) is 0 Å². The van der Waals surface area contributed by atoms with E-state index < -0.39 is 5.97 Å². The Kier molecular flexibility index (Phi) is 4.65. The van der Waals surface area contributed by atoms with Crippen LogP contribution in [0, 0.1) is 17.8 Å². The van der Waals surface area contributed by atoms with Crippen molar-refractivity contribution in [2.75, 3.05) is 19.6 Å². The molecular weight excluding hydrogens is 208 g/mol. The lowest BCUT2D eigenvalue weighted by Gasteiger charge is -2.15. The maximum atomic E-state index is 11.6. The molecule has 1 aliphatic rings. The molecule has 5 heteroatoms. The molecule has 1 fully saturated rings. The highest BCUT2D eigenvalue weighted by atomic mass is 16.4. The van der Waals surface area contributed by atoms with Crippen molar-refractivity contribution in [1.82, 2.24) is 10.2 Å². The van der Waals surface area contributed by atoms with E-state index in [0.29, 0.717) is 19.6 Å². The van der Waals surface area contributed by atoms with Gasteiger partial charge in [-0.3, -0.25) is 4.79 Å². The largest absolute Gasteiger partial charge is 0.481 e. The number of urea groups is 1. The van der Waals surface area contributed by atoms with Gasteiger partial charge in [-0.1, -0.05) is 5.92 Å². The quantitative estimate of drug-likeness (QED) is 0.686. The SMILES string of the molecule is CC#CCNC(=O)N1CCC(CC(=O)O)C1. The summed E-state index contributed by atoms with van der Waals surface area (Å²) in [5, 5.41) is 11.3. The van der Waals surface area contributed by atoms with Gasteiger partial charge in [-0.05, 0) is 19.3 Å². The van der Waals surface area contributed by atoms with Crippen LogP contribution in [0.25, 0.3) is 0 Å². The van der Waals surface area contributed by atoms with Crippen LogP contribution in [0.1, 0.15) is 19.8 Å². The van der Waals surface area contributed by atoms with Gasteiger partial charge in [0.1, 0.15) is 0 Å². The van der Waals surface area contributed by atoms with Gasteiger partial charge in [0.2, 0.25) is 0 Å². The summed E-state index contributed by atoms with van der Waals surface area (Å²) in [4.78, 5) is 23.7. The second kappa shape index (κ2) is 6.01. The first-order chi connectivity index (χ1) is 7.63. The number of aliphatic carboxylic acids is 1. The van der Waals surface area contributed by atoms with Gasteiger partial charge in [0, 0.05) is 19.5 Å². The zero-order chi connectivity index (χ0) is 12.0. The highest BCUT2D eigenvalue weighted by molar-refractivity contribution is 5.75. The van der Waals surface area contributed by atoms with Crippen LogP contribution in [0.3, 0.4) is 0 Å². The molecule has 0 spiro atoms. The Bertz CT molecular complexity index is 330. The first-order valence-corrected chi connectivity index (χ1v) is 5.27. The molecule has 0 saturated carbocycles. The van der Waals surface area contributed by atoms with Crippen LogP contribution in [-0.2, 0) is 4.79 Å². The second-order valence-electron chi connectivity index (χ2n) is 3.78. The van der Waals surface area contributed by atoms with Gasteiger partial charge in [0.15, 0.2) is 0 Å². The predicted octanol–water partition coefficient (Wildman–Crippen LogP) is 0.516. The van der Waals surface area contributed by atoms with Crippen LogP contribution in [0.5, 0.6) is 0 Å². The molecule has 0 radical (unpaired) electrons. The molecule has 1 heterocycles. The van der Waals surface area contributed by atoms with Gasteiger partial charge in [-0.2, -0.15) is 0 Å². The van der Waals surface area contributed by atoms with E-state index in [-0.39, 0.29) is 18.4 Å². The standard InChI is InChI=1S/C11H16N2O3/c1-2-3-5-12-11(16)13-6-4-9(8-13)7-10(14)15/h9H,4-8H2,1H3,(H,12,16)(H,14,15). The summed E-state index contributed by atoms with van der Waals surface area (Å²) < 4.78 is 0. The Morgan fingerprint density at radius 2 is 2.31 bits per heavy atom. The number of carbonyl (C=O) groups is 2. The molecule has 88 valence electrons. The van der Waals surface area contributed by atoms with Crippen LogP contribution in [0.15, 0.2) is 0 Å². The number of likely N-dealkylation sites (tertiary alicyclic amines) is 1. The van der Waals surface area contributed by atoms with Crippen LogP contribution < -0.4 is 5.32 Å². The lowest BCUT2D eigenvalue weighted by Crippen LogP contribution is -2.38. The minimum Gasteiger partial charge on any atom is -0.481 e. The van der Waals surface area contributed by atoms with Crippen molar-refractivity contribution in [2.24, 2.45) is 5.92 Å². The third-order valence-corrected chi connectivity index (χ3v) is 2.54. The third-order valence-electron chi connectivity index (χ3n) is 2.54. The Morgan fingerprint density at radius 1 is 1.56 bits per heavy atom. The van der Waals surface area contributed by atoms with E-state index in [4.69, 9.17) is 5.11 Å². The number of hydrogen-bond acceptors (Lipinski definition) is 2. The van der Waals surface area contributed by atoms with Crippen molar-refractivity contribution < 1.29 is 14.7 Å². The summed E-state index contributed by atoms with van der Waals surface area (Å²) >= 11 is 0. The summed E-state index contributed by atoms with van der Waals surface area (Å²) in [6.07, 6.45) is 0.901. The molecule has 16 heavy (non-hydrogen) atoms. The number of carbonyl (C=O) groups excluding carboxylic acids is 1. The zero-order valence-corrected chi connectivity index (χ0v) is 9.32. The number of carboxylic acids is 1. The van der Waals surface area contributed by atoms with E-state index >= 15 is 0 Å². The molecule has 0 aromatic heterocycles. The third kappa shape index (κ3) is 3.81. The van der Waals surface area contributed by atoms with Crippen LogP contribution in [-0.4, -0.2) is 41.6 Å². The first-order valence-electron chi connectivity index (χ1n) is 5.27. The number of nitrogens with one attached hydrogen (secondary N) is 1. The minimum atomic E-state index is -0.802. The van der Waals surface area contributed by atoms with Gasteiger partial charge >= 0.3 is 12.0 Å². The summed E-state index contributed by atoms with van der Waals surface area (Å²) in [6, 6.07) is -0.157. The Labute approximate surface area is 94.8 Å². The van der Waals surface area contributed by atoms with Gasteiger partial charge < -0.3 is 15.3 Å². The number of carboxylic acid groups (broad SMARTS) is 1.